The molecule has 2 rings (SSSR count). The summed E-state index contributed by atoms with van der Waals surface area (Å²) < 4.78 is 10.0. The lowest BCUT2D eigenvalue weighted by Crippen LogP contribution is -2.15. The van der Waals surface area contributed by atoms with Gasteiger partial charge in [0.25, 0.3) is 0 Å². The Balaban J connectivity index is 1.87. The molecular formula is C13H14O4. The van der Waals surface area contributed by atoms with Gasteiger partial charge in [-0.2, -0.15) is 0 Å². The molecule has 1 aliphatic heterocycles. The molecular weight excluding hydrogens is 220 g/mol. The van der Waals surface area contributed by atoms with Gasteiger partial charge in [-0.1, -0.05) is 30.3 Å². The molecule has 0 N–H and O–H groups in total. The molecule has 1 fully saturated rings. The predicted octanol–water partition coefficient (Wildman–Crippen LogP) is 1.65. The van der Waals surface area contributed by atoms with Gasteiger partial charge in [0.2, 0.25) is 0 Å². The van der Waals surface area contributed by atoms with Crippen LogP contribution >= 0.6 is 0 Å². The van der Waals surface area contributed by atoms with Gasteiger partial charge in [-0.15, -0.1) is 0 Å². The molecule has 0 amide bonds. The summed E-state index contributed by atoms with van der Waals surface area (Å²) in [5.74, 6) is -0.697. The maximum absolute atomic E-state index is 11.6. The Bertz CT molecular complexity index is 413. The Hall–Kier alpha value is -1.68. The highest BCUT2D eigenvalue weighted by molar-refractivity contribution is 5.99. The average molecular weight is 234 g/mol. The van der Waals surface area contributed by atoms with Crippen LogP contribution in [0.2, 0.25) is 0 Å². The number of benzene rings is 1. The first-order valence-electron chi connectivity index (χ1n) is 5.61. The van der Waals surface area contributed by atoms with E-state index in [4.69, 9.17) is 9.47 Å². The summed E-state index contributed by atoms with van der Waals surface area (Å²) in [5.41, 5.74) is 0.967. The minimum atomic E-state index is -0.486. The highest BCUT2D eigenvalue weighted by Gasteiger charge is 2.46. The molecule has 1 aliphatic rings. The molecule has 1 aromatic carbocycles. The van der Waals surface area contributed by atoms with Crippen molar-refractivity contribution in [3.05, 3.63) is 35.9 Å². The molecule has 4 nitrogen and oxygen atoms in total. The third-order valence-electron chi connectivity index (χ3n) is 2.56. The lowest BCUT2D eigenvalue weighted by molar-refractivity contribution is -0.145. The summed E-state index contributed by atoms with van der Waals surface area (Å²) >= 11 is 0. The number of epoxide rings is 1. The lowest BCUT2D eigenvalue weighted by atomic mass is 10.1. The third-order valence-corrected chi connectivity index (χ3v) is 2.56. The fourth-order valence-electron chi connectivity index (χ4n) is 1.71. The maximum Gasteiger partial charge on any atom is 0.313 e. The molecule has 1 saturated heterocycles. The van der Waals surface area contributed by atoms with E-state index in [2.05, 4.69) is 0 Å². The first-order chi connectivity index (χ1) is 8.22. The Kier molecular flexibility index (Phi) is 3.54. The van der Waals surface area contributed by atoms with E-state index < -0.39 is 12.1 Å². The van der Waals surface area contributed by atoms with E-state index in [0.717, 1.165) is 5.56 Å². The second-order valence-corrected chi connectivity index (χ2v) is 3.84. The topological polar surface area (TPSA) is 55.9 Å². The first kappa shape index (κ1) is 11.8. The smallest absolute Gasteiger partial charge is 0.313 e. The fraction of sp³-hybridized carbons (Fsp3) is 0.385. The molecule has 0 unspecified atom stereocenters. The van der Waals surface area contributed by atoms with E-state index in [1.54, 1.807) is 6.92 Å². The van der Waals surface area contributed by atoms with Gasteiger partial charge in [-0.3, -0.25) is 9.59 Å². The number of rotatable bonds is 5. The van der Waals surface area contributed by atoms with E-state index in [0.29, 0.717) is 6.61 Å². The molecule has 0 aromatic heterocycles. The maximum atomic E-state index is 11.6. The van der Waals surface area contributed by atoms with Crippen molar-refractivity contribution in [1.82, 2.24) is 0 Å². The van der Waals surface area contributed by atoms with Crippen LogP contribution in [0.3, 0.4) is 0 Å². The zero-order valence-corrected chi connectivity index (χ0v) is 9.59. The Morgan fingerprint density at radius 2 is 2.00 bits per heavy atom. The minimum absolute atomic E-state index is 0.196. The zero-order chi connectivity index (χ0) is 12.3. The number of esters is 1. The van der Waals surface area contributed by atoms with E-state index in [1.165, 1.54) is 0 Å². The normalized spacial score (nSPS) is 21.9. The predicted molar refractivity (Wildman–Crippen MR) is 60.3 cm³/mol. The standard InChI is InChI=1S/C13H14O4/c1-2-16-11(15)8-10(14)13-12(17-13)9-6-4-3-5-7-9/h3-7,12-13H,2,8H2,1H3/t12-,13+/m1/s1. The summed E-state index contributed by atoms with van der Waals surface area (Å²) in [6.07, 6.45) is -0.887. The molecule has 0 spiro atoms. The molecule has 4 heteroatoms. The first-order valence-corrected chi connectivity index (χ1v) is 5.61. The van der Waals surface area contributed by atoms with Crippen LogP contribution < -0.4 is 0 Å². The summed E-state index contributed by atoms with van der Waals surface area (Å²) in [6, 6.07) is 9.50. The van der Waals surface area contributed by atoms with Crippen molar-refractivity contribution < 1.29 is 19.1 Å². The van der Waals surface area contributed by atoms with Gasteiger partial charge in [0.05, 0.1) is 6.61 Å². The second-order valence-electron chi connectivity index (χ2n) is 3.84. The molecule has 0 aliphatic carbocycles. The second kappa shape index (κ2) is 5.10. The van der Waals surface area contributed by atoms with Crippen LogP contribution in [0.1, 0.15) is 25.0 Å². The summed E-state index contributed by atoms with van der Waals surface area (Å²) in [7, 11) is 0. The van der Waals surface area contributed by atoms with Gasteiger partial charge in [-0.25, -0.2) is 0 Å². The van der Waals surface area contributed by atoms with Gasteiger partial charge in [0.1, 0.15) is 18.6 Å². The number of Topliss-reactive ketones (excluding diaryl/α,β-unsaturated/α-hetero) is 1. The van der Waals surface area contributed by atoms with Gasteiger partial charge in [-0.05, 0) is 12.5 Å². The quantitative estimate of drug-likeness (QED) is 0.441. The van der Waals surface area contributed by atoms with Crippen molar-refractivity contribution in [2.24, 2.45) is 0 Å². The number of carbonyl (C=O) groups excluding carboxylic acids is 2. The highest BCUT2D eigenvalue weighted by Crippen LogP contribution is 2.39. The van der Waals surface area contributed by atoms with Crippen LogP contribution in [-0.2, 0) is 19.1 Å². The van der Waals surface area contributed by atoms with E-state index >= 15 is 0 Å². The molecule has 1 heterocycles. The Morgan fingerprint density at radius 1 is 1.29 bits per heavy atom. The van der Waals surface area contributed by atoms with Crippen molar-refractivity contribution in [1.29, 1.82) is 0 Å². The molecule has 17 heavy (non-hydrogen) atoms. The van der Waals surface area contributed by atoms with Crippen LogP contribution in [0.25, 0.3) is 0 Å². The van der Waals surface area contributed by atoms with Crippen molar-refractivity contribution in [2.75, 3.05) is 6.61 Å². The monoisotopic (exact) mass is 234 g/mol. The van der Waals surface area contributed by atoms with Gasteiger partial charge < -0.3 is 9.47 Å². The molecule has 90 valence electrons. The van der Waals surface area contributed by atoms with Crippen LogP contribution in [-0.4, -0.2) is 24.5 Å². The zero-order valence-electron chi connectivity index (χ0n) is 9.59. The molecule has 0 bridgehead atoms. The number of carbonyl (C=O) groups is 2. The summed E-state index contributed by atoms with van der Waals surface area (Å²) in [5, 5.41) is 0. The van der Waals surface area contributed by atoms with Crippen molar-refractivity contribution >= 4 is 11.8 Å². The molecule has 2 atom stereocenters. The fourth-order valence-corrected chi connectivity index (χ4v) is 1.71. The lowest BCUT2D eigenvalue weighted by Gasteiger charge is -1.99. The summed E-state index contributed by atoms with van der Waals surface area (Å²) in [4.78, 5) is 22.8. The van der Waals surface area contributed by atoms with Crippen LogP contribution in [0.15, 0.2) is 30.3 Å². The van der Waals surface area contributed by atoms with Crippen LogP contribution in [0, 0.1) is 0 Å². The number of hydrogen-bond acceptors (Lipinski definition) is 4. The largest absolute Gasteiger partial charge is 0.466 e. The molecule has 1 aromatic rings. The number of hydrogen-bond donors (Lipinski definition) is 0. The average Bonchev–Trinajstić information content (AvgIpc) is 3.10. The van der Waals surface area contributed by atoms with Gasteiger partial charge in [0, 0.05) is 0 Å². The number of ether oxygens (including phenoxy) is 2. The van der Waals surface area contributed by atoms with Crippen LogP contribution in [0.4, 0.5) is 0 Å². The van der Waals surface area contributed by atoms with E-state index in [9.17, 15) is 9.59 Å². The number of ketones is 1. The van der Waals surface area contributed by atoms with E-state index in [-0.39, 0.29) is 18.3 Å². The third kappa shape index (κ3) is 2.91. The van der Waals surface area contributed by atoms with Crippen molar-refractivity contribution in [2.45, 2.75) is 25.6 Å². The Morgan fingerprint density at radius 3 is 2.65 bits per heavy atom. The SMILES string of the molecule is CCOC(=O)CC(=O)[C@@H]1O[C@@H]1c1ccccc1. The Labute approximate surface area is 99.5 Å². The molecule has 0 radical (unpaired) electrons. The van der Waals surface area contributed by atoms with Crippen molar-refractivity contribution in [3.63, 3.8) is 0 Å². The van der Waals surface area contributed by atoms with Gasteiger partial charge in [0.15, 0.2) is 5.78 Å². The van der Waals surface area contributed by atoms with Crippen LogP contribution in [0.5, 0.6) is 0 Å². The van der Waals surface area contributed by atoms with Crippen molar-refractivity contribution in [3.8, 4) is 0 Å². The van der Waals surface area contributed by atoms with Gasteiger partial charge >= 0.3 is 5.97 Å². The minimum Gasteiger partial charge on any atom is -0.466 e. The summed E-state index contributed by atoms with van der Waals surface area (Å²) in [6.45, 7) is 2.00. The van der Waals surface area contributed by atoms with E-state index in [1.807, 2.05) is 30.3 Å². The highest BCUT2D eigenvalue weighted by atomic mass is 16.6. The molecule has 0 saturated carbocycles.